The summed E-state index contributed by atoms with van der Waals surface area (Å²) in [4.78, 5) is 27.9. The van der Waals surface area contributed by atoms with E-state index >= 15 is 0 Å². The molecule has 1 aromatic heterocycles. The zero-order valence-electron chi connectivity index (χ0n) is 18.8. The fraction of sp³-hybridized carbons (Fsp3) is 0.346. The quantitative estimate of drug-likeness (QED) is 0.624. The van der Waals surface area contributed by atoms with Gasteiger partial charge in [-0.25, -0.2) is 0 Å². The number of hydrogen-bond acceptors (Lipinski definition) is 3. The molecule has 1 saturated heterocycles. The molecule has 0 radical (unpaired) electrons. The number of carbonyl (C=O) groups excluding carboxylic acids is 2. The van der Waals surface area contributed by atoms with E-state index in [0.29, 0.717) is 38.9 Å². The number of aromatic nitrogens is 2. The number of carbonyl (C=O) groups is 2. The maximum Gasteiger partial charge on any atom is 0.228 e. The number of benzene rings is 2. The van der Waals surface area contributed by atoms with E-state index < -0.39 is 5.41 Å². The van der Waals surface area contributed by atoms with Crippen LogP contribution in [0.4, 0.5) is 0 Å². The highest BCUT2D eigenvalue weighted by Crippen LogP contribution is 2.37. The maximum atomic E-state index is 13.1. The van der Waals surface area contributed by atoms with E-state index in [1.807, 2.05) is 52.9 Å². The SMILES string of the molecule is CNC(=O)[C@@]1(Cc2ccccc2-c2ccccc2)CCN(C(=O)CCn2nccc2C)C1. The van der Waals surface area contributed by atoms with Gasteiger partial charge in [0, 0.05) is 45.0 Å². The van der Waals surface area contributed by atoms with Crippen molar-refractivity contribution in [3.05, 3.63) is 78.1 Å². The zero-order valence-corrected chi connectivity index (χ0v) is 18.8. The molecule has 1 fully saturated rings. The van der Waals surface area contributed by atoms with Crippen molar-refractivity contribution in [3.8, 4) is 11.1 Å². The van der Waals surface area contributed by atoms with Crippen LogP contribution in [0.3, 0.4) is 0 Å². The third kappa shape index (κ3) is 4.44. The molecule has 166 valence electrons. The van der Waals surface area contributed by atoms with Gasteiger partial charge < -0.3 is 10.2 Å². The Bertz CT molecular complexity index is 1090. The minimum atomic E-state index is -0.628. The molecule has 0 unspecified atom stereocenters. The highest BCUT2D eigenvalue weighted by molar-refractivity contribution is 5.86. The van der Waals surface area contributed by atoms with Crippen molar-refractivity contribution < 1.29 is 9.59 Å². The molecule has 1 aliphatic heterocycles. The molecule has 0 saturated carbocycles. The Labute approximate surface area is 189 Å². The number of amides is 2. The van der Waals surface area contributed by atoms with E-state index in [9.17, 15) is 9.59 Å². The predicted octanol–water partition coefficient (Wildman–Crippen LogP) is 3.46. The number of nitrogens with one attached hydrogen (secondary N) is 1. The molecule has 4 rings (SSSR count). The highest BCUT2D eigenvalue weighted by atomic mass is 16.2. The first-order valence-electron chi connectivity index (χ1n) is 11.1. The molecule has 0 bridgehead atoms. The largest absolute Gasteiger partial charge is 0.359 e. The summed E-state index contributed by atoms with van der Waals surface area (Å²) in [7, 11) is 1.68. The fourth-order valence-electron chi connectivity index (χ4n) is 4.69. The van der Waals surface area contributed by atoms with Crippen LogP contribution in [0.15, 0.2) is 66.9 Å². The molecule has 6 nitrogen and oxygen atoms in total. The lowest BCUT2D eigenvalue weighted by molar-refractivity contribution is -0.133. The summed E-state index contributed by atoms with van der Waals surface area (Å²) < 4.78 is 1.84. The molecule has 0 spiro atoms. The van der Waals surface area contributed by atoms with Gasteiger partial charge in [0.2, 0.25) is 11.8 Å². The van der Waals surface area contributed by atoms with Crippen LogP contribution in [-0.2, 0) is 22.6 Å². The van der Waals surface area contributed by atoms with Gasteiger partial charge in [0.05, 0.1) is 5.41 Å². The second-order valence-corrected chi connectivity index (χ2v) is 8.57. The Hall–Kier alpha value is -3.41. The first-order chi connectivity index (χ1) is 15.5. The molecular weight excluding hydrogens is 400 g/mol. The van der Waals surface area contributed by atoms with Crippen LogP contribution in [0, 0.1) is 12.3 Å². The van der Waals surface area contributed by atoms with Gasteiger partial charge >= 0.3 is 0 Å². The van der Waals surface area contributed by atoms with Crippen molar-refractivity contribution in [1.82, 2.24) is 20.0 Å². The van der Waals surface area contributed by atoms with E-state index in [0.717, 1.165) is 22.4 Å². The normalized spacial score (nSPS) is 18.0. The van der Waals surface area contributed by atoms with Crippen molar-refractivity contribution in [2.45, 2.75) is 32.7 Å². The molecular formula is C26H30N4O2. The smallest absolute Gasteiger partial charge is 0.228 e. The molecule has 2 heterocycles. The average Bonchev–Trinajstić information content (AvgIpc) is 3.45. The fourth-order valence-corrected chi connectivity index (χ4v) is 4.69. The zero-order chi connectivity index (χ0) is 22.6. The van der Waals surface area contributed by atoms with Gasteiger partial charge in [-0.1, -0.05) is 54.6 Å². The van der Waals surface area contributed by atoms with Crippen LogP contribution < -0.4 is 5.32 Å². The van der Waals surface area contributed by atoms with Gasteiger partial charge in [-0.3, -0.25) is 14.3 Å². The van der Waals surface area contributed by atoms with Gasteiger partial charge in [-0.2, -0.15) is 5.10 Å². The molecule has 1 N–H and O–H groups in total. The minimum absolute atomic E-state index is 0.00131. The number of nitrogens with zero attached hydrogens (tertiary/aromatic N) is 3. The standard InChI is InChI=1S/C26H30N4O2/c1-20-12-15-28-30(20)16-13-24(31)29-17-14-26(19-29,25(32)27-2)18-22-10-6-7-11-23(22)21-8-4-3-5-9-21/h3-12,15H,13-14,16-19H2,1-2H3,(H,27,32)/t26-/m1/s1. The summed E-state index contributed by atoms with van der Waals surface area (Å²) in [5.41, 5.74) is 3.81. The van der Waals surface area contributed by atoms with E-state index in [-0.39, 0.29) is 11.8 Å². The summed E-state index contributed by atoms with van der Waals surface area (Å²) >= 11 is 0. The van der Waals surface area contributed by atoms with E-state index in [2.05, 4.69) is 34.7 Å². The number of likely N-dealkylation sites (tertiary alicyclic amines) is 1. The van der Waals surface area contributed by atoms with Gasteiger partial charge in [0.15, 0.2) is 0 Å². The van der Waals surface area contributed by atoms with Gasteiger partial charge in [-0.05, 0) is 42.5 Å². The third-order valence-electron chi connectivity index (χ3n) is 6.51. The number of hydrogen-bond donors (Lipinski definition) is 1. The molecule has 2 aromatic carbocycles. The summed E-state index contributed by atoms with van der Waals surface area (Å²) in [6, 6.07) is 20.4. The predicted molar refractivity (Wildman–Crippen MR) is 125 cm³/mol. The third-order valence-corrected chi connectivity index (χ3v) is 6.51. The Kier molecular flexibility index (Phi) is 6.40. The summed E-state index contributed by atoms with van der Waals surface area (Å²) in [6.07, 6.45) is 3.38. The average molecular weight is 431 g/mol. The molecule has 0 aliphatic carbocycles. The molecule has 32 heavy (non-hydrogen) atoms. The van der Waals surface area contributed by atoms with Gasteiger partial charge in [0.25, 0.3) is 0 Å². The van der Waals surface area contributed by atoms with E-state index in [1.165, 1.54) is 0 Å². The van der Waals surface area contributed by atoms with Crippen molar-refractivity contribution in [2.75, 3.05) is 20.1 Å². The van der Waals surface area contributed by atoms with Crippen LogP contribution in [-0.4, -0.2) is 46.6 Å². The van der Waals surface area contributed by atoms with Crippen LogP contribution >= 0.6 is 0 Å². The van der Waals surface area contributed by atoms with Crippen molar-refractivity contribution in [3.63, 3.8) is 0 Å². The Balaban J connectivity index is 1.53. The number of rotatable bonds is 7. The van der Waals surface area contributed by atoms with Crippen LogP contribution in [0.25, 0.3) is 11.1 Å². The van der Waals surface area contributed by atoms with Crippen LogP contribution in [0.5, 0.6) is 0 Å². The summed E-state index contributed by atoms with van der Waals surface area (Å²) in [5, 5.41) is 7.12. The van der Waals surface area contributed by atoms with Gasteiger partial charge in [0.1, 0.15) is 0 Å². The van der Waals surface area contributed by atoms with Gasteiger partial charge in [-0.15, -0.1) is 0 Å². The molecule has 6 heteroatoms. The molecule has 2 amide bonds. The highest BCUT2D eigenvalue weighted by Gasteiger charge is 2.45. The molecule has 1 aliphatic rings. The van der Waals surface area contributed by atoms with Crippen molar-refractivity contribution in [2.24, 2.45) is 5.41 Å². The first-order valence-corrected chi connectivity index (χ1v) is 11.1. The van der Waals surface area contributed by atoms with Crippen molar-refractivity contribution >= 4 is 11.8 Å². The molecule has 3 aromatic rings. The monoisotopic (exact) mass is 430 g/mol. The lowest BCUT2D eigenvalue weighted by atomic mass is 9.78. The summed E-state index contributed by atoms with van der Waals surface area (Å²) in [5.74, 6) is 0.0700. The first kappa shape index (κ1) is 21.8. The topological polar surface area (TPSA) is 67.2 Å². The number of aryl methyl sites for hydroxylation is 2. The molecule has 1 atom stereocenters. The van der Waals surface area contributed by atoms with E-state index in [4.69, 9.17) is 0 Å². The maximum absolute atomic E-state index is 13.1. The lowest BCUT2D eigenvalue weighted by Gasteiger charge is -2.28. The van der Waals surface area contributed by atoms with Crippen LogP contribution in [0.1, 0.15) is 24.1 Å². The summed E-state index contributed by atoms with van der Waals surface area (Å²) in [6.45, 7) is 3.57. The second-order valence-electron chi connectivity index (χ2n) is 8.57. The Morgan fingerprint density at radius 2 is 1.81 bits per heavy atom. The van der Waals surface area contributed by atoms with Crippen LogP contribution in [0.2, 0.25) is 0 Å². The lowest BCUT2D eigenvalue weighted by Crippen LogP contribution is -2.44. The Morgan fingerprint density at radius 1 is 1.06 bits per heavy atom. The Morgan fingerprint density at radius 3 is 2.53 bits per heavy atom. The minimum Gasteiger partial charge on any atom is -0.359 e. The van der Waals surface area contributed by atoms with E-state index in [1.54, 1.807) is 13.2 Å². The second kappa shape index (κ2) is 9.39. The van der Waals surface area contributed by atoms with Crippen molar-refractivity contribution in [1.29, 1.82) is 0 Å².